The molecule has 2 unspecified atom stereocenters. The number of halogens is 1. The number of nitrogens with zero attached hydrogens (tertiary/aromatic N) is 4. The molecule has 1 aliphatic rings. The zero-order valence-corrected chi connectivity index (χ0v) is 37.6. The summed E-state index contributed by atoms with van der Waals surface area (Å²) in [4.78, 5) is 25.9. The molecule has 1 saturated heterocycles. The van der Waals surface area contributed by atoms with Crippen molar-refractivity contribution in [1.82, 2.24) is 19.5 Å². The molecule has 6 aromatic carbocycles. The Morgan fingerprint density at radius 2 is 1.26 bits per heavy atom. The van der Waals surface area contributed by atoms with Gasteiger partial charge in [0.15, 0.2) is 22.6 Å². The molecule has 1 aliphatic heterocycles. The SMILES string of the molecule is C#C[C@]1(COC(=O)OCC)O[C@@H](n2cnc3c(NC(c4ccccc4)c4ccc(-c5ccc(OC)cc5)cc4)nc(F)nc32)C[C@@H]1OC(c1ccccc1)c1ccc(-c2ccc(OC)cc2)cc1. The fourth-order valence-electron chi connectivity index (χ4n) is 8.47. The highest BCUT2D eigenvalue weighted by molar-refractivity contribution is 5.83. The molecule has 1 fully saturated rings. The quantitative estimate of drug-likeness (QED) is 0.0565. The number of hydrogen-bond donors (Lipinski definition) is 1. The van der Waals surface area contributed by atoms with Crippen molar-refractivity contribution >= 4 is 23.1 Å². The molecule has 68 heavy (non-hydrogen) atoms. The van der Waals surface area contributed by atoms with E-state index in [9.17, 15) is 4.79 Å². The van der Waals surface area contributed by atoms with Crippen LogP contribution in [0, 0.1) is 18.4 Å². The van der Waals surface area contributed by atoms with Crippen LogP contribution in [0.15, 0.2) is 164 Å². The number of hydrogen-bond acceptors (Lipinski definition) is 11. The molecular weight excluding hydrogens is 862 g/mol. The van der Waals surface area contributed by atoms with Crippen LogP contribution in [-0.2, 0) is 18.9 Å². The fourth-order valence-corrected chi connectivity index (χ4v) is 8.47. The summed E-state index contributed by atoms with van der Waals surface area (Å²) in [6, 6.07) is 51.0. The van der Waals surface area contributed by atoms with Crippen LogP contribution in [0.1, 0.15) is 54.0 Å². The highest BCUT2D eigenvalue weighted by atomic mass is 19.1. The molecule has 9 rings (SSSR count). The van der Waals surface area contributed by atoms with E-state index in [2.05, 4.69) is 21.2 Å². The average Bonchev–Trinajstić information content (AvgIpc) is 3.99. The molecule has 13 heteroatoms. The minimum absolute atomic E-state index is 0.0939. The van der Waals surface area contributed by atoms with Crippen molar-refractivity contribution in [2.24, 2.45) is 0 Å². The molecule has 0 spiro atoms. The number of carbonyl (C=O) groups excluding carboxylic acids is 1. The summed E-state index contributed by atoms with van der Waals surface area (Å²) in [6.07, 6.45) is 3.68. The molecule has 2 aromatic heterocycles. The van der Waals surface area contributed by atoms with Gasteiger partial charge in [-0.25, -0.2) is 9.78 Å². The molecule has 0 bridgehead atoms. The summed E-state index contributed by atoms with van der Waals surface area (Å²) in [5, 5.41) is 3.48. The van der Waals surface area contributed by atoms with Crippen LogP contribution >= 0.6 is 0 Å². The largest absolute Gasteiger partial charge is 0.508 e. The summed E-state index contributed by atoms with van der Waals surface area (Å²) in [6.45, 7) is 1.36. The van der Waals surface area contributed by atoms with Gasteiger partial charge >= 0.3 is 12.2 Å². The van der Waals surface area contributed by atoms with E-state index in [0.29, 0.717) is 5.52 Å². The number of aromatic nitrogens is 4. The Morgan fingerprint density at radius 3 is 1.81 bits per heavy atom. The minimum atomic E-state index is -1.63. The highest BCUT2D eigenvalue weighted by Crippen LogP contribution is 2.44. The summed E-state index contributed by atoms with van der Waals surface area (Å²) < 4.78 is 52.6. The summed E-state index contributed by atoms with van der Waals surface area (Å²) in [7, 11) is 3.27. The van der Waals surface area contributed by atoms with Gasteiger partial charge in [0.2, 0.25) is 0 Å². The van der Waals surface area contributed by atoms with Crippen molar-refractivity contribution in [3.8, 4) is 46.1 Å². The first-order chi connectivity index (χ1) is 33.3. The predicted molar refractivity (Wildman–Crippen MR) is 256 cm³/mol. The van der Waals surface area contributed by atoms with Crippen LogP contribution in [-0.4, -0.2) is 64.8 Å². The Bertz CT molecular complexity index is 3000. The van der Waals surface area contributed by atoms with Crippen molar-refractivity contribution in [2.45, 2.75) is 43.4 Å². The maximum absolute atomic E-state index is 15.8. The molecule has 3 heterocycles. The van der Waals surface area contributed by atoms with Crippen LogP contribution in [0.4, 0.5) is 15.0 Å². The van der Waals surface area contributed by atoms with Crippen LogP contribution in [0.2, 0.25) is 0 Å². The molecule has 5 atom stereocenters. The van der Waals surface area contributed by atoms with Gasteiger partial charge < -0.3 is 33.7 Å². The van der Waals surface area contributed by atoms with Gasteiger partial charge in [-0.15, -0.1) is 6.42 Å². The normalized spacial score (nSPS) is 17.5. The Kier molecular flexibility index (Phi) is 13.4. The first-order valence-electron chi connectivity index (χ1n) is 22.1. The lowest BCUT2D eigenvalue weighted by Crippen LogP contribution is -2.45. The molecule has 12 nitrogen and oxygen atoms in total. The lowest BCUT2D eigenvalue weighted by atomic mass is 9.95. The van der Waals surface area contributed by atoms with Crippen LogP contribution < -0.4 is 14.8 Å². The monoisotopic (exact) mass is 909 g/mol. The number of nitrogens with one attached hydrogen (secondary N) is 1. The van der Waals surface area contributed by atoms with Gasteiger partial charge in [-0.05, 0) is 75.7 Å². The lowest BCUT2D eigenvalue weighted by molar-refractivity contribution is -0.121. The van der Waals surface area contributed by atoms with Gasteiger partial charge in [-0.3, -0.25) is 4.57 Å². The minimum Gasteiger partial charge on any atom is -0.497 e. The van der Waals surface area contributed by atoms with E-state index in [-0.39, 0.29) is 24.5 Å². The van der Waals surface area contributed by atoms with Gasteiger partial charge in [0.05, 0.1) is 33.2 Å². The van der Waals surface area contributed by atoms with Crippen molar-refractivity contribution < 1.29 is 37.6 Å². The Morgan fingerprint density at radius 1 is 0.750 bits per heavy atom. The topological polar surface area (TPSA) is 128 Å². The molecule has 0 saturated carbocycles. The second-order valence-corrected chi connectivity index (χ2v) is 16.1. The smallest absolute Gasteiger partial charge is 0.497 e. The number of terminal acetylenes is 1. The standard InChI is InChI=1S/C55H48FN5O7/c1-5-55(34-66-54(62)65-6-2)46(67-50(42-15-11-8-12-16-42)43-23-19-37(20-24-43)39-27-31-45(64-4)32-28-39)33-47(68-55)61-35-57-49-51(59-53(56)60-52(49)61)58-48(40-13-9-7-10-14-40)41-21-17-36(18-22-41)38-25-29-44(63-3)30-26-38/h1,7-32,35,46-48,50H,6,33-34H2,2-4H3,(H,58,59,60)/t46-,47+,48?,50?,55+/m0/s1. The third-order valence-electron chi connectivity index (χ3n) is 12.0. The van der Waals surface area contributed by atoms with E-state index in [1.54, 1.807) is 25.7 Å². The first kappa shape index (κ1) is 45.1. The summed E-state index contributed by atoms with van der Waals surface area (Å²) in [5.41, 5.74) is 6.40. The second kappa shape index (κ2) is 20.2. The molecule has 342 valence electrons. The third-order valence-corrected chi connectivity index (χ3v) is 12.0. The van der Waals surface area contributed by atoms with E-state index in [4.69, 9.17) is 39.8 Å². The van der Waals surface area contributed by atoms with Crippen molar-refractivity contribution in [2.75, 3.05) is 32.8 Å². The molecule has 0 aliphatic carbocycles. The summed E-state index contributed by atoms with van der Waals surface area (Å²) >= 11 is 0. The van der Waals surface area contributed by atoms with Crippen molar-refractivity contribution in [3.63, 3.8) is 0 Å². The zero-order chi connectivity index (χ0) is 47.0. The molecule has 0 radical (unpaired) electrons. The number of methoxy groups -OCH3 is 2. The highest BCUT2D eigenvalue weighted by Gasteiger charge is 2.52. The van der Waals surface area contributed by atoms with Gasteiger partial charge in [0, 0.05) is 6.42 Å². The number of imidazole rings is 1. The molecule has 8 aromatic rings. The van der Waals surface area contributed by atoms with Gasteiger partial charge in [0.25, 0.3) is 0 Å². The number of fused-ring (bicyclic) bond motifs is 1. The second-order valence-electron chi connectivity index (χ2n) is 16.1. The van der Waals surface area contributed by atoms with Crippen molar-refractivity contribution in [3.05, 3.63) is 192 Å². The van der Waals surface area contributed by atoms with E-state index in [0.717, 1.165) is 56.0 Å². The number of rotatable bonds is 16. The number of benzene rings is 6. The zero-order valence-electron chi connectivity index (χ0n) is 37.6. The van der Waals surface area contributed by atoms with Gasteiger partial charge in [0.1, 0.15) is 36.5 Å². The molecule has 1 N–H and O–H groups in total. The molecule has 0 amide bonds. The Balaban J connectivity index is 1.04. The van der Waals surface area contributed by atoms with Crippen LogP contribution in [0.3, 0.4) is 0 Å². The van der Waals surface area contributed by atoms with Crippen LogP contribution in [0.25, 0.3) is 33.4 Å². The maximum Gasteiger partial charge on any atom is 0.508 e. The Hall–Kier alpha value is -8.05. The number of carbonyl (C=O) groups is 1. The fraction of sp³-hybridized carbons (Fsp3) is 0.200. The number of anilines is 1. The van der Waals surface area contributed by atoms with E-state index in [1.807, 2.05) is 158 Å². The van der Waals surface area contributed by atoms with E-state index < -0.39 is 48.9 Å². The first-order valence-corrected chi connectivity index (χ1v) is 22.1. The predicted octanol–water partition coefficient (Wildman–Crippen LogP) is 11.2. The number of ether oxygens (including phenoxy) is 6. The van der Waals surface area contributed by atoms with Crippen LogP contribution in [0.5, 0.6) is 11.5 Å². The van der Waals surface area contributed by atoms with Gasteiger partial charge in [-0.1, -0.05) is 139 Å². The molecular formula is C55H48FN5O7. The van der Waals surface area contributed by atoms with E-state index >= 15 is 4.39 Å². The third kappa shape index (κ3) is 9.60. The van der Waals surface area contributed by atoms with Gasteiger partial charge in [-0.2, -0.15) is 14.4 Å². The maximum atomic E-state index is 15.8. The van der Waals surface area contributed by atoms with Crippen molar-refractivity contribution in [1.29, 1.82) is 0 Å². The lowest BCUT2D eigenvalue weighted by Gasteiger charge is -2.32. The Labute approximate surface area is 393 Å². The van der Waals surface area contributed by atoms with E-state index in [1.165, 1.54) is 6.33 Å². The summed E-state index contributed by atoms with van der Waals surface area (Å²) in [5.74, 6) is 4.48. The average molecular weight is 910 g/mol.